The van der Waals surface area contributed by atoms with E-state index in [0.717, 1.165) is 12.0 Å². The minimum atomic E-state index is -4.21. The van der Waals surface area contributed by atoms with Crippen LogP contribution in [-0.2, 0) is 30.7 Å². The Bertz CT molecular complexity index is 1370. The molecule has 0 aromatic heterocycles. The molecule has 230 valence electrons. The number of benzene rings is 2. The molecule has 0 unspecified atom stereocenters. The zero-order valence-electron chi connectivity index (χ0n) is 25.2. The highest BCUT2D eigenvalue weighted by Gasteiger charge is 2.73. The predicted octanol–water partition coefficient (Wildman–Crippen LogP) is 4.68. The van der Waals surface area contributed by atoms with E-state index >= 15 is 0 Å². The number of methoxy groups -OCH3 is 1. The summed E-state index contributed by atoms with van der Waals surface area (Å²) in [5.41, 5.74) is -2.47. The summed E-state index contributed by atoms with van der Waals surface area (Å²) in [6, 6.07) is 15.6. The van der Waals surface area contributed by atoms with Gasteiger partial charge in [-0.1, -0.05) is 50.3 Å². The summed E-state index contributed by atoms with van der Waals surface area (Å²) >= 11 is 0. The van der Waals surface area contributed by atoms with E-state index in [0.29, 0.717) is 18.6 Å². The van der Waals surface area contributed by atoms with Crippen LogP contribution < -0.4 is 4.74 Å². The van der Waals surface area contributed by atoms with Crippen molar-refractivity contribution in [1.29, 1.82) is 0 Å². The molecular formula is C33H44O8S. The summed E-state index contributed by atoms with van der Waals surface area (Å²) in [7, 11) is -2.61. The smallest absolute Gasteiger partial charge is 0.184 e. The monoisotopic (exact) mass is 600 g/mol. The summed E-state index contributed by atoms with van der Waals surface area (Å²) in [5.74, 6) is -0.296. The van der Waals surface area contributed by atoms with Gasteiger partial charge in [-0.25, -0.2) is 8.42 Å². The molecule has 1 aliphatic heterocycles. The second kappa shape index (κ2) is 11.0. The molecule has 9 heteroatoms. The molecule has 2 saturated carbocycles. The summed E-state index contributed by atoms with van der Waals surface area (Å²) in [4.78, 5) is 0.0874. The minimum Gasteiger partial charge on any atom is -0.497 e. The lowest BCUT2D eigenvalue weighted by Crippen LogP contribution is -2.67. The van der Waals surface area contributed by atoms with Gasteiger partial charge in [-0.2, -0.15) is 0 Å². The van der Waals surface area contributed by atoms with Crippen molar-refractivity contribution in [3.63, 3.8) is 0 Å². The highest BCUT2D eigenvalue weighted by Crippen LogP contribution is 2.69. The molecule has 7 atom stereocenters. The molecule has 1 saturated heterocycles. The third-order valence-electron chi connectivity index (χ3n) is 10.3. The highest BCUT2D eigenvalue weighted by molar-refractivity contribution is 7.92. The maximum absolute atomic E-state index is 14.7. The van der Waals surface area contributed by atoms with Crippen LogP contribution in [0.1, 0.15) is 52.5 Å². The van der Waals surface area contributed by atoms with Crippen LogP contribution in [0.15, 0.2) is 72.1 Å². The molecule has 8 nitrogen and oxygen atoms in total. The normalized spacial score (nSPS) is 31.9. The van der Waals surface area contributed by atoms with E-state index in [4.69, 9.17) is 18.9 Å². The van der Waals surface area contributed by atoms with Crippen LogP contribution in [0.25, 0.3) is 0 Å². The fraction of sp³-hybridized carbons (Fsp3) is 0.576. The molecule has 5 rings (SSSR count). The van der Waals surface area contributed by atoms with Crippen molar-refractivity contribution in [1.82, 2.24) is 0 Å². The Balaban J connectivity index is 1.62. The van der Waals surface area contributed by atoms with Crippen molar-refractivity contribution < 1.29 is 37.6 Å². The number of hydrogen-bond acceptors (Lipinski definition) is 8. The van der Waals surface area contributed by atoms with Crippen molar-refractivity contribution in [2.24, 2.45) is 16.7 Å². The van der Waals surface area contributed by atoms with Crippen LogP contribution in [0.4, 0.5) is 0 Å². The first-order chi connectivity index (χ1) is 19.7. The molecular weight excluding hydrogens is 556 g/mol. The molecule has 3 aliphatic rings. The zero-order chi connectivity index (χ0) is 30.6. The van der Waals surface area contributed by atoms with Gasteiger partial charge in [0.2, 0.25) is 0 Å². The third-order valence-corrected chi connectivity index (χ3v) is 12.6. The van der Waals surface area contributed by atoms with Crippen molar-refractivity contribution in [3.8, 4) is 5.75 Å². The van der Waals surface area contributed by atoms with E-state index in [2.05, 4.69) is 6.58 Å². The second-order valence-electron chi connectivity index (χ2n) is 13.0. The van der Waals surface area contributed by atoms with E-state index in [1.807, 2.05) is 38.1 Å². The van der Waals surface area contributed by atoms with E-state index in [9.17, 15) is 18.6 Å². The summed E-state index contributed by atoms with van der Waals surface area (Å²) in [6.45, 7) is 11.5. The number of fused-ring (bicyclic) bond motifs is 2. The van der Waals surface area contributed by atoms with E-state index in [-0.39, 0.29) is 24.0 Å². The molecule has 2 aromatic carbocycles. The first-order valence-electron chi connectivity index (χ1n) is 14.6. The first kappa shape index (κ1) is 31.2. The van der Waals surface area contributed by atoms with Crippen LogP contribution in [-0.4, -0.2) is 67.3 Å². The third kappa shape index (κ3) is 4.82. The molecule has 3 fully saturated rings. The molecule has 0 radical (unpaired) electrons. The second-order valence-corrected chi connectivity index (χ2v) is 15.1. The van der Waals surface area contributed by atoms with Crippen LogP contribution in [0.2, 0.25) is 0 Å². The molecule has 0 amide bonds. The van der Waals surface area contributed by atoms with Gasteiger partial charge in [0.25, 0.3) is 0 Å². The molecule has 2 aliphatic carbocycles. The van der Waals surface area contributed by atoms with Gasteiger partial charge in [0.15, 0.2) is 21.2 Å². The summed E-state index contributed by atoms with van der Waals surface area (Å²) < 4.78 is 53.7. The largest absolute Gasteiger partial charge is 0.497 e. The zero-order valence-corrected chi connectivity index (χ0v) is 26.0. The van der Waals surface area contributed by atoms with Crippen LogP contribution in [0, 0.1) is 16.7 Å². The Hall–Kier alpha value is -2.27. The minimum absolute atomic E-state index is 0.0874. The highest BCUT2D eigenvalue weighted by atomic mass is 32.2. The van der Waals surface area contributed by atoms with Crippen molar-refractivity contribution in [2.75, 3.05) is 13.7 Å². The Morgan fingerprint density at radius 3 is 2.26 bits per heavy atom. The fourth-order valence-electron chi connectivity index (χ4n) is 7.98. The molecule has 42 heavy (non-hydrogen) atoms. The van der Waals surface area contributed by atoms with Crippen LogP contribution >= 0.6 is 0 Å². The molecule has 1 heterocycles. The number of aliphatic hydroxyl groups excluding tert-OH is 2. The van der Waals surface area contributed by atoms with Gasteiger partial charge in [-0.15, -0.1) is 6.58 Å². The Morgan fingerprint density at radius 1 is 1.10 bits per heavy atom. The number of rotatable bonds is 11. The molecule has 2 N–H and O–H groups in total. The maximum atomic E-state index is 14.7. The number of ether oxygens (including phenoxy) is 4. The summed E-state index contributed by atoms with van der Waals surface area (Å²) in [5, 5.41) is 22.9. The van der Waals surface area contributed by atoms with Gasteiger partial charge < -0.3 is 29.2 Å². The van der Waals surface area contributed by atoms with Crippen molar-refractivity contribution in [3.05, 3.63) is 72.8 Å². The van der Waals surface area contributed by atoms with Crippen molar-refractivity contribution in [2.45, 2.75) is 93.4 Å². The van der Waals surface area contributed by atoms with Crippen LogP contribution in [0.5, 0.6) is 5.75 Å². The number of aliphatic hydroxyl groups is 2. The van der Waals surface area contributed by atoms with Gasteiger partial charge >= 0.3 is 0 Å². The lowest BCUT2D eigenvalue weighted by Gasteiger charge is -2.51. The van der Waals surface area contributed by atoms with Crippen molar-refractivity contribution >= 4 is 9.84 Å². The lowest BCUT2D eigenvalue weighted by atomic mass is 9.63. The van der Waals surface area contributed by atoms with Crippen LogP contribution in [0.3, 0.4) is 0 Å². The Morgan fingerprint density at radius 2 is 1.76 bits per heavy atom. The molecule has 2 aromatic rings. The average Bonchev–Trinajstić information content (AvgIpc) is 3.49. The van der Waals surface area contributed by atoms with Gasteiger partial charge in [-0.3, -0.25) is 0 Å². The van der Waals surface area contributed by atoms with Gasteiger partial charge in [0.05, 0.1) is 31.3 Å². The van der Waals surface area contributed by atoms with Gasteiger partial charge in [0, 0.05) is 5.41 Å². The van der Waals surface area contributed by atoms with E-state index in [1.54, 1.807) is 51.3 Å². The van der Waals surface area contributed by atoms with E-state index in [1.165, 1.54) is 6.08 Å². The SMILES string of the molecule is C=C[C@@H](OCc1ccc(OC)cc1)[C@]1([C@H](O)[C@@H]([C@@]23CC[C@@H](C[C@@H]2O)C3(C)C)S(=O)(=O)c2ccccc2)COC(C)(C)O1. The quantitative estimate of drug-likeness (QED) is 0.358. The van der Waals surface area contributed by atoms with E-state index < -0.39 is 55.6 Å². The predicted molar refractivity (Wildman–Crippen MR) is 159 cm³/mol. The standard InChI is InChI=1S/C33H44O8S/c1-7-27(39-20-22-13-15-24(38-6)16-14-22)33(21-40-31(4,5)41-33)28(35)29(42(36,37)25-11-9-8-10-12-25)32-18-17-23(19-26(32)34)30(32,2)3/h7-16,23,26-29,34-35H,1,17-21H2,2-6H3/t23-,26-,27+,28+,29-,32+,33-/m0/s1. The first-order valence-corrected chi connectivity index (χ1v) is 16.2. The number of hydrogen-bond donors (Lipinski definition) is 2. The maximum Gasteiger partial charge on any atom is 0.184 e. The van der Waals surface area contributed by atoms with Gasteiger partial charge in [-0.05, 0) is 74.3 Å². The lowest BCUT2D eigenvalue weighted by molar-refractivity contribution is -0.222. The molecule has 2 bridgehead atoms. The average molecular weight is 601 g/mol. The Labute approximate surface area is 249 Å². The Kier molecular flexibility index (Phi) is 8.18. The topological polar surface area (TPSA) is 112 Å². The fourth-order valence-corrected chi connectivity index (χ4v) is 10.5. The number of sulfone groups is 1. The van der Waals surface area contributed by atoms with Gasteiger partial charge in [0.1, 0.15) is 23.2 Å². The molecule has 0 spiro atoms. The summed E-state index contributed by atoms with van der Waals surface area (Å²) in [6.07, 6.45) is -0.240.